The minimum Gasteiger partial charge on any atom is -0.396 e. The Kier molecular flexibility index (Phi) is 6.84. The molecule has 0 bridgehead atoms. The van der Waals surface area contributed by atoms with Crippen LogP contribution in [0, 0.1) is 11.3 Å². The van der Waals surface area contributed by atoms with E-state index in [0.29, 0.717) is 19.8 Å². The largest absolute Gasteiger partial charge is 0.396 e. The number of rotatable bonds is 8. The minimum atomic E-state index is -0.388. The second kappa shape index (κ2) is 9.32. The van der Waals surface area contributed by atoms with E-state index in [2.05, 4.69) is 37.8 Å². The summed E-state index contributed by atoms with van der Waals surface area (Å²) in [6.07, 6.45) is 1.78. The summed E-state index contributed by atoms with van der Waals surface area (Å²) >= 11 is 0. The molecule has 0 aliphatic heterocycles. The number of ether oxygens (including phenoxy) is 2. The molecule has 2 aromatic carbocycles. The maximum Gasteiger partial charge on any atom is 0.0720 e. The van der Waals surface area contributed by atoms with Gasteiger partial charge in [-0.05, 0) is 24.0 Å². The molecule has 0 spiro atoms. The van der Waals surface area contributed by atoms with Crippen LogP contribution in [-0.4, -0.2) is 24.4 Å². The van der Waals surface area contributed by atoms with Crippen LogP contribution in [0.15, 0.2) is 72.8 Å². The van der Waals surface area contributed by atoms with Gasteiger partial charge in [-0.25, -0.2) is 0 Å². The fraction of sp³-hybridized carbons (Fsp3) is 0.417. The van der Waals surface area contributed by atoms with Gasteiger partial charge in [0.1, 0.15) is 0 Å². The Bertz CT molecular complexity index is 713. The lowest BCUT2D eigenvalue weighted by molar-refractivity contribution is -0.117. The Labute approximate surface area is 162 Å². The summed E-state index contributed by atoms with van der Waals surface area (Å²) in [4.78, 5) is 0. The van der Waals surface area contributed by atoms with Crippen LogP contribution in [0.5, 0.6) is 0 Å². The summed E-state index contributed by atoms with van der Waals surface area (Å²) in [5, 5.41) is 10.2. The molecule has 0 aromatic heterocycles. The van der Waals surface area contributed by atoms with Crippen molar-refractivity contribution in [3.63, 3.8) is 0 Å². The molecule has 0 saturated heterocycles. The Morgan fingerprint density at radius 1 is 1.00 bits per heavy atom. The van der Waals surface area contributed by atoms with Crippen molar-refractivity contribution >= 4 is 0 Å². The standard InChI is InChI=1S/C24H30O3/c1-19-13-14-23(27-16-21-11-7-4-8-12-21)24(2,18-25)22(19)17-26-15-20-9-5-3-6-10-20/h3-12,22-23,25H,1,13-18H2,2H3/t22-,23+,24+/m1/s1. The molecule has 144 valence electrons. The van der Waals surface area contributed by atoms with Crippen molar-refractivity contribution in [3.8, 4) is 0 Å². The quantitative estimate of drug-likeness (QED) is 0.685. The first kappa shape index (κ1) is 19.8. The monoisotopic (exact) mass is 366 g/mol. The van der Waals surface area contributed by atoms with Crippen LogP contribution in [-0.2, 0) is 22.7 Å². The predicted octanol–water partition coefficient (Wildman–Crippen LogP) is 4.75. The molecule has 3 atom stereocenters. The molecule has 2 aromatic rings. The second-order valence-corrected chi connectivity index (χ2v) is 7.70. The Hall–Kier alpha value is -1.94. The van der Waals surface area contributed by atoms with Crippen LogP contribution in [0.1, 0.15) is 30.9 Å². The molecule has 1 aliphatic rings. The van der Waals surface area contributed by atoms with Crippen LogP contribution in [0.25, 0.3) is 0 Å². The summed E-state index contributed by atoms with van der Waals surface area (Å²) in [5.41, 5.74) is 3.07. The highest BCUT2D eigenvalue weighted by Crippen LogP contribution is 2.45. The van der Waals surface area contributed by atoms with E-state index in [9.17, 15) is 5.11 Å². The first-order valence-corrected chi connectivity index (χ1v) is 9.69. The van der Waals surface area contributed by atoms with Crippen molar-refractivity contribution in [2.24, 2.45) is 11.3 Å². The van der Waals surface area contributed by atoms with Crippen LogP contribution in [0.4, 0.5) is 0 Å². The molecule has 0 heterocycles. The van der Waals surface area contributed by atoms with E-state index in [-0.39, 0.29) is 24.0 Å². The molecule has 1 fully saturated rings. The minimum absolute atomic E-state index is 0.0152. The van der Waals surface area contributed by atoms with E-state index in [0.717, 1.165) is 29.5 Å². The molecule has 27 heavy (non-hydrogen) atoms. The maximum absolute atomic E-state index is 10.2. The third-order valence-electron chi connectivity index (χ3n) is 5.78. The molecular formula is C24H30O3. The van der Waals surface area contributed by atoms with Gasteiger partial charge < -0.3 is 14.6 Å². The van der Waals surface area contributed by atoms with Gasteiger partial charge in [0, 0.05) is 11.3 Å². The SMILES string of the molecule is C=C1CC[C@H](OCc2ccccc2)[C@@](C)(CO)[C@@H]1COCc1ccccc1. The number of aliphatic hydroxyl groups excluding tert-OH is 1. The van der Waals surface area contributed by atoms with Gasteiger partial charge in [0.2, 0.25) is 0 Å². The zero-order chi connectivity index (χ0) is 19.1. The summed E-state index contributed by atoms with van der Waals surface area (Å²) in [5.74, 6) is 0.0840. The number of hydrogen-bond acceptors (Lipinski definition) is 3. The van der Waals surface area contributed by atoms with Crippen molar-refractivity contribution < 1.29 is 14.6 Å². The molecule has 1 saturated carbocycles. The lowest BCUT2D eigenvalue weighted by Crippen LogP contribution is -2.49. The fourth-order valence-electron chi connectivity index (χ4n) is 3.95. The van der Waals surface area contributed by atoms with E-state index < -0.39 is 0 Å². The van der Waals surface area contributed by atoms with E-state index in [1.807, 2.05) is 36.4 Å². The average molecular weight is 367 g/mol. The van der Waals surface area contributed by atoms with Gasteiger partial charge in [-0.2, -0.15) is 0 Å². The van der Waals surface area contributed by atoms with Crippen LogP contribution < -0.4 is 0 Å². The Morgan fingerprint density at radius 3 is 2.19 bits per heavy atom. The summed E-state index contributed by atoms with van der Waals surface area (Å²) in [6.45, 7) is 8.12. The van der Waals surface area contributed by atoms with Gasteiger partial charge >= 0.3 is 0 Å². The molecule has 0 amide bonds. The van der Waals surface area contributed by atoms with Crippen LogP contribution in [0.2, 0.25) is 0 Å². The smallest absolute Gasteiger partial charge is 0.0720 e. The van der Waals surface area contributed by atoms with Gasteiger partial charge in [0.05, 0.1) is 32.5 Å². The third kappa shape index (κ3) is 4.86. The normalized spacial score (nSPS) is 25.5. The summed E-state index contributed by atoms with van der Waals surface area (Å²) in [6, 6.07) is 20.3. The van der Waals surface area contributed by atoms with E-state index in [1.54, 1.807) is 0 Å². The van der Waals surface area contributed by atoms with E-state index in [4.69, 9.17) is 9.47 Å². The van der Waals surface area contributed by atoms with Crippen molar-refractivity contribution in [2.45, 2.75) is 39.1 Å². The molecule has 3 rings (SSSR count). The third-order valence-corrected chi connectivity index (χ3v) is 5.78. The van der Waals surface area contributed by atoms with Gasteiger partial charge in [-0.1, -0.05) is 79.7 Å². The first-order chi connectivity index (χ1) is 13.1. The predicted molar refractivity (Wildman–Crippen MR) is 108 cm³/mol. The summed E-state index contributed by atoms with van der Waals surface area (Å²) in [7, 11) is 0. The molecule has 0 unspecified atom stereocenters. The van der Waals surface area contributed by atoms with Crippen molar-refractivity contribution in [2.75, 3.05) is 13.2 Å². The van der Waals surface area contributed by atoms with Gasteiger partial charge in [-0.3, -0.25) is 0 Å². The topological polar surface area (TPSA) is 38.7 Å². The average Bonchev–Trinajstić information content (AvgIpc) is 2.71. The van der Waals surface area contributed by atoms with Gasteiger partial charge in [0.25, 0.3) is 0 Å². The highest BCUT2D eigenvalue weighted by atomic mass is 16.5. The molecule has 1 aliphatic carbocycles. The molecule has 3 heteroatoms. The first-order valence-electron chi connectivity index (χ1n) is 9.69. The molecule has 3 nitrogen and oxygen atoms in total. The van der Waals surface area contributed by atoms with Crippen LogP contribution >= 0.6 is 0 Å². The Balaban J connectivity index is 1.63. The number of aliphatic hydroxyl groups is 1. The van der Waals surface area contributed by atoms with Crippen molar-refractivity contribution in [3.05, 3.63) is 83.9 Å². The number of benzene rings is 2. The van der Waals surface area contributed by atoms with Gasteiger partial charge in [0.15, 0.2) is 0 Å². The van der Waals surface area contributed by atoms with Crippen LogP contribution in [0.3, 0.4) is 0 Å². The maximum atomic E-state index is 10.2. The molecule has 1 N–H and O–H groups in total. The molecular weight excluding hydrogens is 336 g/mol. The van der Waals surface area contributed by atoms with Crippen molar-refractivity contribution in [1.29, 1.82) is 0 Å². The fourth-order valence-corrected chi connectivity index (χ4v) is 3.95. The lowest BCUT2D eigenvalue weighted by atomic mass is 9.64. The second-order valence-electron chi connectivity index (χ2n) is 7.70. The zero-order valence-corrected chi connectivity index (χ0v) is 16.1. The lowest BCUT2D eigenvalue weighted by Gasteiger charge is -2.47. The highest BCUT2D eigenvalue weighted by molar-refractivity contribution is 5.16. The molecule has 0 radical (unpaired) electrons. The van der Waals surface area contributed by atoms with E-state index in [1.165, 1.54) is 0 Å². The number of hydrogen-bond donors (Lipinski definition) is 1. The van der Waals surface area contributed by atoms with E-state index >= 15 is 0 Å². The highest BCUT2D eigenvalue weighted by Gasteiger charge is 2.46. The van der Waals surface area contributed by atoms with Crippen molar-refractivity contribution in [1.82, 2.24) is 0 Å². The Morgan fingerprint density at radius 2 is 1.59 bits per heavy atom. The summed E-state index contributed by atoms with van der Waals surface area (Å²) < 4.78 is 12.3. The van der Waals surface area contributed by atoms with Gasteiger partial charge in [-0.15, -0.1) is 0 Å². The zero-order valence-electron chi connectivity index (χ0n) is 16.1.